The Morgan fingerprint density at radius 1 is 1.20 bits per heavy atom. The lowest BCUT2D eigenvalue weighted by atomic mass is 9.98. The fraction of sp³-hybridized carbons (Fsp3) is 0.217. The summed E-state index contributed by atoms with van der Waals surface area (Å²) in [7, 11) is 0. The Labute approximate surface area is 201 Å². The van der Waals surface area contributed by atoms with E-state index in [4.69, 9.17) is 11.6 Å². The molecule has 1 aromatic carbocycles. The topological polar surface area (TPSA) is 84.4 Å². The number of anilines is 2. The number of ether oxygens (including phenoxy) is 1. The van der Waals surface area contributed by atoms with E-state index in [1.807, 2.05) is 0 Å². The van der Waals surface area contributed by atoms with Gasteiger partial charge in [-0.1, -0.05) is 29.8 Å². The highest BCUT2D eigenvalue weighted by molar-refractivity contribution is 6.33. The van der Waals surface area contributed by atoms with E-state index >= 15 is 0 Å². The van der Waals surface area contributed by atoms with Crippen LogP contribution in [0.15, 0.2) is 48.7 Å². The Bertz CT molecular complexity index is 1270. The van der Waals surface area contributed by atoms with Crippen molar-refractivity contribution >= 4 is 34.8 Å². The van der Waals surface area contributed by atoms with Crippen LogP contribution in [-0.2, 0) is 9.59 Å². The molecule has 7 nitrogen and oxygen atoms in total. The number of aromatic nitrogens is 2. The Kier molecular flexibility index (Phi) is 6.88. The molecule has 3 aromatic rings. The van der Waals surface area contributed by atoms with Crippen molar-refractivity contribution in [2.24, 2.45) is 0 Å². The molecule has 0 aliphatic carbocycles. The molecule has 1 N–H and O–H groups in total. The summed E-state index contributed by atoms with van der Waals surface area (Å²) in [4.78, 5) is 35.4. The minimum Gasteiger partial charge on any atom is -0.417 e. The minimum absolute atomic E-state index is 0.0347. The van der Waals surface area contributed by atoms with Gasteiger partial charge in [0.15, 0.2) is 0 Å². The maximum atomic E-state index is 13.4. The number of nitrogens with one attached hydrogen (secondary N) is 1. The number of nitrogens with zero attached hydrogens (tertiary/aromatic N) is 3. The predicted molar refractivity (Wildman–Crippen MR) is 120 cm³/mol. The number of rotatable bonds is 6. The first-order valence-electron chi connectivity index (χ1n) is 10.3. The van der Waals surface area contributed by atoms with Gasteiger partial charge in [-0.05, 0) is 25.1 Å². The molecule has 0 bridgehead atoms. The van der Waals surface area contributed by atoms with Gasteiger partial charge in [-0.3, -0.25) is 14.6 Å². The summed E-state index contributed by atoms with van der Waals surface area (Å²) in [6.07, 6.45) is -1.17. The molecule has 0 saturated carbocycles. The van der Waals surface area contributed by atoms with Crippen molar-refractivity contribution in [2.75, 3.05) is 16.8 Å². The SMILES string of the molecule is C[C@H]1C(=O)N(CC(=O)Nc2ccc(C(F)F)cc2)c2cc(OC(F)F)nc(Cl)c2-c2cccnc21. The smallest absolute Gasteiger partial charge is 0.388 e. The Morgan fingerprint density at radius 2 is 1.91 bits per heavy atom. The zero-order chi connectivity index (χ0) is 25.3. The second kappa shape index (κ2) is 9.87. The van der Waals surface area contributed by atoms with Crippen molar-refractivity contribution in [3.05, 3.63) is 65.1 Å². The molecular formula is C23H17ClF4N4O3. The molecule has 2 aromatic heterocycles. The number of benzene rings is 1. The molecule has 2 amide bonds. The zero-order valence-electron chi connectivity index (χ0n) is 18.0. The molecular weight excluding hydrogens is 492 g/mol. The fourth-order valence-electron chi connectivity index (χ4n) is 3.76. The summed E-state index contributed by atoms with van der Waals surface area (Å²) < 4.78 is 55.7. The normalized spacial score (nSPS) is 15.0. The molecule has 182 valence electrons. The molecule has 1 aliphatic heterocycles. The lowest BCUT2D eigenvalue weighted by molar-refractivity contribution is -0.122. The summed E-state index contributed by atoms with van der Waals surface area (Å²) in [6.45, 7) is -2.14. The van der Waals surface area contributed by atoms with E-state index < -0.39 is 43.2 Å². The van der Waals surface area contributed by atoms with Crippen LogP contribution in [0.3, 0.4) is 0 Å². The van der Waals surface area contributed by atoms with E-state index in [0.29, 0.717) is 11.3 Å². The standard InChI is InChI=1S/C23H17ClF4N4O3/c1-11-19-14(3-2-8-29-19)18-15(9-17(31-20(18)24)35-23(27)28)32(22(11)34)10-16(33)30-13-6-4-12(5-7-13)21(25)26/h2-9,11,21,23H,10H2,1H3,(H,30,33)/t11-/m1/s1. The molecule has 0 unspecified atom stereocenters. The minimum atomic E-state index is -3.20. The van der Waals surface area contributed by atoms with Crippen molar-refractivity contribution < 1.29 is 31.9 Å². The summed E-state index contributed by atoms with van der Waals surface area (Å²) >= 11 is 6.33. The third-order valence-corrected chi connectivity index (χ3v) is 5.61. The molecule has 1 aliphatic rings. The van der Waals surface area contributed by atoms with Crippen LogP contribution in [0.5, 0.6) is 5.88 Å². The maximum Gasteiger partial charge on any atom is 0.388 e. The van der Waals surface area contributed by atoms with Gasteiger partial charge in [0.2, 0.25) is 17.7 Å². The van der Waals surface area contributed by atoms with Gasteiger partial charge in [-0.2, -0.15) is 8.78 Å². The van der Waals surface area contributed by atoms with E-state index in [2.05, 4.69) is 20.0 Å². The van der Waals surface area contributed by atoms with E-state index in [1.165, 1.54) is 18.3 Å². The van der Waals surface area contributed by atoms with E-state index in [1.54, 1.807) is 19.1 Å². The summed E-state index contributed by atoms with van der Waals surface area (Å²) in [5, 5.41) is 2.31. The van der Waals surface area contributed by atoms with Gasteiger partial charge in [0.05, 0.1) is 17.3 Å². The average Bonchev–Trinajstić information content (AvgIpc) is 2.89. The molecule has 1 atom stereocenters. The first kappa shape index (κ1) is 24.4. The van der Waals surface area contributed by atoms with Gasteiger partial charge in [-0.15, -0.1) is 0 Å². The van der Waals surface area contributed by atoms with Crippen molar-refractivity contribution in [2.45, 2.75) is 25.9 Å². The molecule has 0 fully saturated rings. The highest BCUT2D eigenvalue weighted by Gasteiger charge is 2.35. The fourth-order valence-corrected chi connectivity index (χ4v) is 4.04. The third-order valence-electron chi connectivity index (χ3n) is 5.33. The van der Waals surface area contributed by atoms with E-state index in [9.17, 15) is 27.2 Å². The van der Waals surface area contributed by atoms with Gasteiger partial charge in [-0.25, -0.2) is 13.8 Å². The van der Waals surface area contributed by atoms with E-state index in [0.717, 1.165) is 23.1 Å². The first-order valence-corrected chi connectivity index (χ1v) is 10.6. The van der Waals surface area contributed by atoms with Crippen LogP contribution in [0.4, 0.5) is 28.9 Å². The average molecular weight is 509 g/mol. The molecule has 0 spiro atoms. The number of carbonyl (C=O) groups excluding carboxylic acids is 2. The van der Waals surface area contributed by atoms with Crippen molar-refractivity contribution in [3.8, 4) is 17.0 Å². The number of amides is 2. The van der Waals surface area contributed by atoms with Crippen molar-refractivity contribution in [3.63, 3.8) is 0 Å². The van der Waals surface area contributed by atoms with Crippen LogP contribution in [0.1, 0.15) is 30.5 Å². The van der Waals surface area contributed by atoms with Gasteiger partial charge < -0.3 is 15.0 Å². The van der Waals surface area contributed by atoms with Crippen LogP contribution in [0.2, 0.25) is 5.15 Å². The van der Waals surface area contributed by atoms with E-state index in [-0.39, 0.29) is 27.7 Å². The number of carbonyl (C=O) groups is 2. The number of halogens is 5. The second-order valence-electron chi connectivity index (χ2n) is 7.58. The number of fused-ring (bicyclic) bond motifs is 3. The first-order chi connectivity index (χ1) is 16.7. The van der Waals surface area contributed by atoms with Gasteiger partial charge >= 0.3 is 6.61 Å². The molecule has 3 heterocycles. The van der Waals surface area contributed by atoms with Crippen LogP contribution in [-0.4, -0.2) is 34.9 Å². The third kappa shape index (κ3) is 5.04. The number of hydrogen-bond acceptors (Lipinski definition) is 5. The lowest BCUT2D eigenvalue weighted by Gasteiger charge is -2.25. The monoisotopic (exact) mass is 508 g/mol. The number of alkyl halides is 4. The highest BCUT2D eigenvalue weighted by Crippen LogP contribution is 2.44. The maximum absolute atomic E-state index is 13.4. The van der Waals surface area contributed by atoms with Crippen molar-refractivity contribution in [1.29, 1.82) is 0 Å². The van der Waals surface area contributed by atoms with Gasteiger partial charge in [0.25, 0.3) is 6.43 Å². The van der Waals surface area contributed by atoms with Crippen molar-refractivity contribution in [1.82, 2.24) is 9.97 Å². The summed E-state index contributed by atoms with van der Waals surface area (Å²) in [5.74, 6) is -2.56. The summed E-state index contributed by atoms with van der Waals surface area (Å²) in [6, 6.07) is 9.30. The molecule has 4 rings (SSSR count). The number of hydrogen-bond donors (Lipinski definition) is 1. The lowest BCUT2D eigenvalue weighted by Crippen LogP contribution is -2.40. The van der Waals surface area contributed by atoms with Gasteiger partial charge in [0, 0.05) is 34.6 Å². The Balaban J connectivity index is 1.73. The second-order valence-corrected chi connectivity index (χ2v) is 7.94. The molecule has 0 saturated heterocycles. The quantitative estimate of drug-likeness (QED) is 0.355. The predicted octanol–water partition coefficient (Wildman–Crippen LogP) is 5.42. The molecule has 0 radical (unpaired) electrons. The van der Waals surface area contributed by atoms with Crippen LogP contribution < -0.4 is 15.0 Å². The number of pyridine rings is 2. The highest BCUT2D eigenvalue weighted by atomic mass is 35.5. The molecule has 12 heteroatoms. The Hall–Kier alpha value is -3.73. The molecule has 35 heavy (non-hydrogen) atoms. The van der Waals surface area contributed by atoms with Crippen LogP contribution >= 0.6 is 11.6 Å². The Morgan fingerprint density at radius 3 is 2.57 bits per heavy atom. The largest absolute Gasteiger partial charge is 0.417 e. The van der Waals surface area contributed by atoms with Crippen LogP contribution in [0, 0.1) is 0 Å². The zero-order valence-corrected chi connectivity index (χ0v) is 18.8. The van der Waals surface area contributed by atoms with Crippen LogP contribution in [0.25, 0.3) is 11.1 Å². The summed E-state index contributed by atoms with van der Waals surface area (Å²) in [5.41, 5.74) is 1.10. The van der Waals surface area contributed by atoms with Gasteiger partial charge in [0.1, 0.15) is 11.7 Å².